The third kappa shape index (κ3) is 11.8. The highest BCUT2D eigenvalue weighted by Crippen LogP contribution is 2.23. The summed E-state index contributed by atoms with van der Waals surface area (Å²) in [5.41, 5.74) is 15.0. The number of hydrogen-bond acceptors (Lipinski definition) is 9. The minimum Gasteiger partial charge on any atom is -0.370 e. The van der Waals surface area contributed by atoms with Gasteiger partial charge in [0.05, 0.1) is 12.5 Å². The summed E-state index contributed by atoms with van der Waals surface area (Å²) in [7, 11) is 1.37. The number of para-hydroxylation sites is 1. The molecule has 2 heterocycles. The normalized spacial score (nSPS) is 16.3. The number of carbonyl (C=O) groups is 6. The summed E-state index contributed by atoms with van der Waals surface area (Å²) in [5, 5.41) is 15.0. The van der Waals surface area contributed by atoms with Gasteiger partial charge in [-0.2, -0.15) is 11.8 Å². The van der Waals surface area contributed by atoms with E-state index in [0.29, 0.717) is 38.1 Å². The molecule has 0 aliphatic carbocycles. The molecule has 1 saturated heterocycles. The summed E-state index contributed by atoms with van der Waals surface area (Å²) in [5.74, 6) is -2.90. The van der Waals surface area contributed by atoms with Crippen molar-refractivity contribution in [3.8, 4) is 0 Å². The van der Waals surface area contributed by atoms with E-state index in [2.05, 4.69) is 31.6 Å². The van der Waals surface area contributed by atoms with Gasteiger partial charge in [0.15, 0.2) is 0 Å². The molecule has 15 nitrogen and oxygen atoms in total. The van der Waals surface area contributed by atoms with Crippen molar-refractivity contribution in [1.29, 1.82) is 0 Å². The van der Waals surface area contributed by atoms with Crippen molar-refractivity contribution in [2.75, 3.05) is 25.9 Å². The van der Waals surface area contributed by atoms with E-state index in [4.69, 9.17) is 11.5 Å². The Labute approximate surface area is 326 Å². The molecule has 4 rings (SSSR count). The molecular weight excluding hydrogens is 723 g/mol. The first-order valence-electron chi connectivity index (χ1n) is 18.7. The van der Waals surface area contributed by atoms with Crippen molar-refractivity contribution in [3.05, 3.63) is 71.4 Å². The zero-order valence-corrected chi connectivity index (χ0v) is 32.8. The van der Waals surface area contributed by atoms with Crippen LogP contribution in [-0.2, 0) is 47.5 Å². The Bertz CT molecular complexity index is 1800. The van der Waals surface area contributed by atoms with Gasteiger partial charge in [-0.15, -0.1) is 0 Å². The number of primary amides is 1. The van der Waals surface area contributed by atoms with Gasteiger partial charge < -0.3 is 47.9 Å². The highest BCUT2D eigenvalue weighted by atomic mass is 32.2. The number of nitrogens with two attached hydrogens (primary N) is 2. The number of rotatable bonds is 20. The van der Waals surface area contributed by atoms with Crippen molar-refractivity contribution in [2.24, 2.45) is 17.4 Å². The Hall–Kier alpha value is -4.93. The van der Waals surface area contributed by atoms with Crippen molar-refractivity contribution >= 4 is 58.1 Å². The van der Waals surface area contributed by atoms with Crippen LogP contribution >= 0.6 is 11.8 Å². The lowest BCUT2D eigenvalue weighted by Crippen LogP contribution is -2.60. The first-order chi connectivity index (χ1) is 26.4. The molecular formula is C39H55N9O6S. The highest BCUT2D eigenvalue weighted by Gasteiger charge is 2.40. The van der Waals surface area contributed by atoms with E-state index >= 15 is 0 Å². The fourth-order valence-corrected chi connectivity index (χ4v) is 7.68. The van der Waals surface area contributed by atoms with Gasteiger partial charge in [0.25, 0.3) is 0 Å². The number of amides is 6. The van der Waals surface area contributed by atoms with Gasteiger partial charge in [0.2, 0.25) is 35.4 Å². The number of hydrogen-bond donors (Lipinski definition) is 8. The number of carbonyl (C=O) groups excluding carboxylic acids is 6. The molecule has 5 atom stereocenters. The second kappa shape index (κ2) is 20.7. The molecule has 1 aliphatic rings. The largest absolute Gasteiger partial charge is 0.370 e. The number of nitrogens with zero attached hydrogens (tertiary/aromatic N) is 1. The summed E-state index contributed by atoms with van der Waals surface area (Å²) in [4.78, 5) is 84.3. The summed E-state index contributed by atoms with van der Waals surface area (Å²) < 4.78 is 0. The van der Waals surface area contributed by atoms with E-state index in [1.807, 2.05) is 61.7 Å². The minimum atomic E-state index is -1.22. The van der Waals surface area contributed by atoms with Crippen LogP contribution in [0.3, 0.4) is 0 Å². The monoisotopic (exact) mass is 777 g/mol. The van der Waals surface area contributed by atoms with E-state index in [0.717, 1.165) is 27.6 Å². The van der Waals surface area contributed by atoms with Crippen LogP contribution in [0, 0.1) is 5.92 Å². The van der Waals surface area contributed by atoms with E-state index in [1.165, 1.54) is 23.7 Å². The molecule has 10 N–H and O–H groups in total. The molecule has 1 fully saturated rings. The van der Waals surface area contributed by atoms with Crippen LogP contribution in [-0.4, -0.2) is 101 Å². The highest BCUT2D eigenvalue weighted by molar-refractivity contribution is 7.98. The Morgan fingerprint density at radius 2 is 1.60 bits per heavy atom. The molecule has 1 aromatic heterocycles. The summed E-state index contributed by atoms with van der Waals surface area (Å²) in [6.45, 7) is 6.62. The zero-order chi connectivity index (χ0) is 40.1. The van der Waals surface area contributed by atoms with Gasteiger partial charge in [0, 0.05) is 48.7 Å². The molecule has 1 aliphatic heterocycles. The molecule has 55 heavy (non-hydrogen) atoms. The van der Waals surface area contributed by atoms with E-state index in [-0.39, 0.29) is 18.2 Å². The molecule has 0 bridgehead atoms. The lowest BCUT2D eigenvalue weighted by molar-refractivity contribution is -0.142. The predicted octanol–water partition coefficient (Wildman–Crippen LogP) is 0.803. The number of likely N-dealkylation sites (N-methyl/N-ethyl adjacent to an activating group) is 2. The third-order valence-electron chi connectivity index (χ3n) is 9.66. The fourth-order valence-electron chi connectivity index (χ4n) is 6.67. The molecule has 0 spiro atoms. The lowest BCUT2D eigenvalue weighted by Gasteiger charge is -2.31. The van der Waals surface area contributed by atoms with Gasteiger partial charge in [-0.1, -0.05) is 63.2 Å². The number of thioether (sulfide) groups is 1. The smallest absolute Gasteiger partial charge is 0.246 e. The van der Waals surface area contributed by atoms with Crippen molar-refractivity contribution in [2.45, 2.75) is 89.0 Å². The molecule has 6 amide bonds. The molecule has 0 saturated carbocycles. The molecule has 16 heteroatoms. The van der Waals surface area contributed by atoms with E-state index < -0.39 is 72.1 Å². The molecule has 0 radical (unpaired) electrons. The van der Waals surface area contributed by atoms with Crippen LogP contribution in [0.4, 0.5) is 0 Å². The molecule has 2 aromatic carbocycles. The SMILES string of the molecule is CCN[C@@H](Cc1c[nH]c2ccccc12)C(=O)N[C@@H](CSCc1ccc(CN)cc1)C(=O)N1CCC[C@H]1C(=O)N[C@H](C(=O)N[C@H](CC(N)=O)C(=O)NC)C(C)C. The minimum absolute atomic E-state index is 0.248. The number of H-pyrrole nitrogens is 1. The standard InChI is InChI=1S/C39H55N9O6S/c1-5-43-29(17-26-20-44-28-10-7-6-9-27(26)28)36(51)46-31(22-55-21-25-14-12-24(19-40)13-15-25)39(54)48-16-8-11-32(48)37(52)47-34(23(2)3)38(53)45-30(18-33(41)49)35(50)42-4/h6-7,9-10,12-15,20,23,29-32,34,43-44H,5,8,11,16-19,21-22,40H2,1-4H3,(H2,41,49)(H,42,50)(H,45,53)(H,46,51)(H,47,52)/t29-,30+,31-,32-,34-/m0/s1. The van der Waals surface area contributed by atoms with Crippen LogP contribution in [0.5, 0.6) is 0 Å². The van der Waals surface area contributed by atoms with E-state index in [9.17, 15) is 28.8 Å². The van der Waals surface area contributed by atoms with E-state index in [1.54, 1.807) is 13.8 Å². The number of likely N-dealkylation sites (tertiary alicyclic amines) is 1. The lowest BCUT2D eigenvalue weighted by atomic mass is 10.0. The maximum Gasteiger partial charge on any atom is 0.246 e. The third-order valence-corrected chi connectivity index (χ3v) is 10.8. The average Bonchev–Trinajstić information content (AvgIpc) is 3.83. The van der Waals surface area contributed by atoms with Crippen molar-refractivity contribution in [3.63, 3.8) is 0 Å². The number of nitrogens with one attached hydrogen (secondary N) is 6. The van der Waals surface area contributed by atoms with Crippen LogP contribution < -0.4 is 38.1 Å². The van der Waals surface area contributed by atoms with Gasteiger partial charge in [0.1, 0.15) is 24.2 Å². The van der Waals surface area contributed by atoms with Crippen LogP contribution in [0.15, 0.2) is 54.7 Å². The second-order valence-corrected chi connectivity index (χ2v) is 15.1. The first-order valence-corrected chi connectivity index (χ1v) is 19.9. The topological polar surface area (TPSA) is 234 Å². The van der Waals surface area contributed by atoms with Crippen molar-refractivity contribution < 1.29 is 28.8 Å². The molecule has 298 valence electrons. The van der Waals surface area contributed by atoms with Gasteiger partial charge >= 0.3 is 0 Å². The van der Waals surface area contributed by atoms with Gasteiger partial charge in [-0.25, -0.2) is 0 Å². The number of aromatic nitrogens is 1. The summed E-state index contributed by atoms with van der Waals surface area (Å²) >= 11 is 1.49. The summed E-state index contributed by atoms with van der Waals surface area (Å²) in [6, 6.07) is 11.0. The second-order valence-electron chi connectivity index (χ2n) is 14.0. The quantitative estimate of drug-likeness (QED) is 0.0810. The zero-order valence-electron chi connectivity index (χ0n) is 32.0. The Morgan fingerprint density at radius 1 is 0.909 bits per heavy atom. The van der Waals surface area contributed by atoms with Gasteiger partial charge in [-0.05, 0) is 54.5 Å². The Balaban J connectivity index is 1.52. The van der Waals surface area contributed by atoms with Crippen LogP contribution in [0.1, 0.15) is 56.7 Å². The van der Waals surface area contributed by atoms with Crippen molar-refractivity contribution in [1.82, 2.24) is 36.5 Å². The maximum atomic E-state index is 14.4. The fraction of sp³-hybridized carbons (Fsp3) is 0.487. The van der Waals surface area contributed by atoms with Gasteiger partial charge in [-0.3, -0.25) is 28.8 Å². The summed E-state index contributed by atoms with van der Waals surface area (Å²) in [6.07, 6.45) is 2.76. The number of benzene rings is 2. The Morgan fingerprint density at radius 3 is 2.25 bits per heavy atom. The number of fused-ring (bicyclic) bond motifs is 1. The average molecular weight is 778 g/mol. The predicted molar refractivity (Wildman–Crippen MR) is 213 cm³/mol. The van der Waals surface area contributed by atoms with Crippen LogP contribution in [0.2, 0.25) is 0 Å². The molecule has 3 aromatic rings. The Kier molecular flexibility index (Phi) is 16.1. The first kappa shape index (κ1) is 42.8. The molecule has 0 unspecified atom stereocenters. The number of aromatic amines is 1. The van der Waals surface area contributed by atoms with Crippen LogP contribution in [0.25, 0.3) is 10.9 Å². The maximum absolute atomic E-state index is 14.4.